The van der Waals surface area contributed by atoms with Crippen LogP contribution in [0.2, 0.25) is 5.02 Å². The van der Waals surface area contributed by atoms with Crippen LogP contribution < -0.4 is 20.3 Å². The Balaban J connectivity index is 1.37. The van der Waals surface area contributed by atoms with Gasteiger partial charge in [0.15, 0.2) is 5.60 Å². The standard InChI is InChI=1S/C26H32ClFN4O3/c1-15(2)30-24(33)16-5-10-23(29-14-16)32-18-6-7-19(32)12-17(11-18)31-25(34)26(3,4)35-20-8-9-22(28)21(27)13-20/h5,8-10,13-15,17-19H,6-7,11-12H2,1-4H3,(H,30,33)(H,31,34)/t17-,18+,19-. The molecule has 9 heteroatoms. The Morgan fingerprint density at radius 2 is 1.86 bits per heavy atom. The van der Waals surface area contributed by atoms with Crippen LogP contribution in [0.3, 0.4) is 0 Å². The molecule has 2 amide bonds. The fraction of sp³-hybridized carbons (Fsp3) is 0.500. The van der Waals surface area contributed by atoms with Crippen molar-refractivity contribution < 1.29 is 18.7 Å². The van der Waals surface area contributed by atoms with E-state index in [2.05, 4.69) is 20.5 Å². The minimum absolute atomic E-state index is 0.0204. The van der Waals surface area contributed by atoms with Gasteiger partial charge in [0.25, 0.3) is 11.8 Å². The van der Waals surface area contributed by atoms with Crippen LogP contribution in [0.15, 0.2) is 36.5 Å². The minimum Gasteiger partial charge on any atom is -0.478 e. The number of piperidine rings is 1. The van der Waals surface area contributed by atoms with Crippen molar-refractivity contribution in [1.29, 1.82) is 0 Å². The highest BCUT2D eigenvalue weighted by atomic mass is 35.5. The molecule has 188 valence electrons. The number of nitrogens with one attached hydrogen (secondary N) is 2. The summed E-state index contributed by atoms with van der Waals surface area (Å²) in [5.74, 6) is 0.306. The van der Waals surface area contributed by atoms with E-state index in [-0.39, 0.29) is 41.0 Å². The maximum Gasteiger partial charge on any atom is 0.263 e. The highest BCUT2D eigenvalue weighted by Crippen LogP contribution is 2.38. The molecule has 7 nitrogen and oxygen atoms in total. The predicted molar refractivity (Wildman–Crippen MR) is 133 cm³/mol. The number of amides is 2. The fourth-order valence-electron chi connectivity index (χ4n) is 4.93. The molecule has 0 aliphatic carbocycles. The molecule has 2 N–H and O–H groups in total. The van der Waals surface area contributed by atoms with E-state index < -0.39 is 11.4 Å². The number of nitrogens with zero attached hydrogens (tertiary/aromatic N) is 2. The highest BCUT2D eigenvalue weighted by molar-refractivity contribution is 6.30. The third kappa shape index (κ3) is 5.69. The van der Waals surface area contributed by atoms with Gasteiger partial charge in [0.2, 0.25) is 0 Å². The van der Waals surface area contributed by atoms with Gasteiger partial charge in [0.1, 0.15) is 17.4 Å². The number of hydrogen-bond donors (Lipinski definition) is 2. The van der Waals surface area contributed by atoms with E-state index in [0.29, 0.717) is 11.3 Å². The molecule has 0 unspecified atom stereocenters. The number of fused-ring (bicyclic) bond motifs is 2. The summed E-state index contributed by atoms with van der Waals surface area (Å²) in [5.41, 5.74) is -0.604. The zero-order valence-corrected chi connectivity index (χ0v) is 21.2. The molecule has 3 atom stereocenters. The molecule has 2 bridgehead atoms. The number of carbonyl (C=O) groups excluding carboxylic acids is 2. The van der Waals surface area contributed by atoms with Gasteiger partial charge in [0.05, 0.1) is 10.6 Å². The molecule has 1 aromatic carbocycles. The largest absolute Gasteiger partial charge is 0.478 e. The first-order valence-corrected chi connectivity index (χ1v) is 12.4. The van der Waals surface area contributed by atoms with Gasteiger partial charge in [-0.1, -0.05) is 11.6 Å². The third-order valence-electron chi connectivity index (χ3n) is 6.57. The smallest absolute Gasteiger partial charge is 0.263 e. The summed E-state index contributed by atoms with van der Waals surface area (Å²) < 4.78 is 19.3. The maximum atomic E-state index is 13.4. The van der Waals surface area contributed by atoms with Gasteiger partial charge in [-0.25, -0.2) is 9.37 Å². The molecule has 0 spiro atoms. The second kappa shape index (κ2) is 10.0. The van der Waals surface area contributed by atoms with Gasteiger partial charge < -0.3 is 20.3 Å². The Bertz CT molecular complexity index is 1080. The zero-order valence-electron chi connectivity index (χ0n) is 20.5. The molecule has 2 aromatic rings. The summed E-state index contributed by atoms with van der Waals surface area (Å²) in [6.07, 6.45) is 5.29. The molecule has 3 heterocycles. The predicted octanol–water partition coefficient (Wildman–Crippen LogP) is 4.49. The quantitative estimate of drug-likeness (QED) is 0.583. The molecule has 35 heavy (non-hydrogen) atoms. The molecule has 2 aliphatic heterocycles. The number of ether oxygens (including phenoxy) is 1. The number of pyridine rings is 1. The molecule has 2 saturated heterocycles. The van der Waals surface area contributed by atoms with Crippen molar-refractivity contribution in [2.45, 2.75) is 83.1 Å². The second-order valence-corrected chi connectivity index (χ2v) is 10.6. The average molecular weight is 503 g/mol. The van der Waals surface area contributed by atoms with Crippen molar-refractivity contribution in [2.24, 2.45) is 0 Å². The number of halogens is 2. The molecular weight excluding hydrogens is 471 g/mol. The van der Waals surface area contributed by atoms with Crippen LogP contribution in [-0.4, -0.2) is 46.6 Å². The molecule has 1 aromatic heterocycles. The molecule has 0 radical (unpaired) electrons. The summed E-state index contributed by atoms with van der Waals surface area (Å²) in [5, 5.41) is 5.98. The van der Waals surface area contributed by atoms with Gasteiger partial charge in [-0.2, -0.15) is 0 Å². The number of aromatic nitrogens is 1. The van der Waals surface area contributed by atoms with E-state index in [1.165, 1.54) is 18.2 Å². The summed E-state index contributed by atoms with van der Waals surface area (Å²) in [4.78, 5) is 32.2. The first-order chi connectivity index (χ1) is 16.5. The van der Waals surface area contributed by atoms with Crippen LogP contribution in [0.25, 0.3) is 0 Å². The van der Waals surface area contributed by atoms with Crippen LogP contribution in [0.4, 0.5) is 10.2 Å². The lowest BCUT2D eigenvalue weighted by atomic mass is 9.96. The third-order valence-corrected chi connectivity index (χ3v) is 6.86. The van der Waals surface area contributed by atoms with E-state index >= 15 is 0 Å². The van der Waals surface area contributed by atoms with Gasteiger partial charge in [0, 0.05) is 36.4 Å². The van der Waals surface area contributed by atoms with Crippen LogP contribution in [0.1, 0.15) is 63.7 Å². The van der Waals surface area contributed by atoms with Crippen molar-refractivity contribution in [3.8, 4) is 5.75 Å². The van der Waals surface area contributed by atoms with Gasteiger partial charge in [-0.15, -0.1) is 0 Å². The van der Waals surface area contributed by atoms with E-state index in [0.717, 1.165) is 31.5 Å². The SMILES string of the molecule is CC(C)NC(=O)c1ccc(N2[C@@H]3CC[C@H]2C[C@@H](NC(=O)C(C)(C)Oc2ccc(F)c(Cl)c2)C3)nc1. The Labute approximate surface area is 210 Å². The van der Waals surface area contributed by atoms with Crippen molar-refractivity contribution >= 4 is 29.2 Å². The van der Waals surface area contributed by atoms with Gasteiger partial charge in [-0.3, -0.25) is 9.59 Å². The van der Waals surface area contributed by atoms with Crippen molar-refractivity contribution in [3.05, 3.63) is 52.9 Å². The normalized spacial score (nSPS) is 21.7. The first-order valence-electron chi connectivity index (χ1n) is 12.0. The Morgan fingerprint density at radius 1 is 1.17 bits per heavy atom. The lowest BCUT2D eigenvalue weighted by molar-refractivity contribution is -0.135. The lowest BCUT2D eigenvalue weighted by Crippen LogP contribution is -2.55. The zero-order chi connectivity index (χ0) is 25.3. The van der Waals surface area contributed by atoms with Gasteiger partial charge >= 0.3 is 0 Å². The molecule has 2 aliphatic rings. The van der Waals surface area contributed by atoms with Gasteiger partial charge in [-0.05, 0) is 77.6 Å². The van der Waals surface area contributed by atoms with E-state index in [4.69, 9.17) is 16.3 Å². The number of carbonyl (C=O) groups is 2. The molecule has 2 fully saturated rings. The second-order valence-electron chi connectivity index (χ2n) is 10.2. The highest BCUT2D eigenvalue weighted by Gasteiger charge is 2.43. The van der Waals surface area contributed by atoms with Crippen molar-refractivity contribution in [3.63, 3.8) is 0 Å². The van der Waals surface area contributed by atoms with E-state index in [1.807, 2.05) is 26.0 Å². The lowest BCUT2D eigenvalue weighted by Gasteiger charge is -2.40. The Hall–Kier alpha value is -2.87. The van der Waals surface area contributed by atoms with Crippen LogP contribution >= 0.6 is 11.6 Å². The first kappa shape index (κ1) is 25.2. The minimum atomic E-state index is -1.15. The Morgan fingerprint density at radius 3 is 2.43 bits per heavy atom. The van der Waals surface area contributed by atoms with Crippen LogP contribution in [0, 0.1) is 5.82 Å². The number of anilines is 1. The maximum absolute atomic E-state index is 13.4. The fourth-order valence-corrected chi connectivity index (χ4v) is 5.10. The summed E-state index contributed by atoms with van der Waals surface area (Å²) in [7, 11) is 0. The Kier molecular flexibility index (Phi) is 7.22. The van der Waals surface area contributed by atoms with Crippen molar-refractivity contribution in [2.75, 3.05) is 4.90 Å². The molecule has 0 saturated carbocycles. The van der Waals surface area contributed by atoms with Crippen LogP contribution in [0.5, 0.6) is 5.75 Å². The molecule has 4 rings (SSSR count). The molecular formula is C26H32ClFN4O3. The monoisotopic (exact) mass is 502 g/mol. The van der Waals surface area contributed by atoms with E-state index in [9.17, 15) is 14.0 Å². The number of benzene rings is 1. The van der Waals surface area contributed by atoms with Crippen molar-refractivity contribution in [1.82, 2.24) is 15.6 Å². The van der Waals surface area contributed by atoms with Crippen LogP contribution in [-0.2, 0) is 4.79 Å². The average Bonchev–Trinajstić information content (AvgIpc) is 3.06. The number of rotatable bonds is 7. The van der Waals surface area contributed by atoms with E-state index in [1.54, 1.807) is 20.0 Å². The summed E-state index contributed by atoms with van der Waals surface area (Å²) >= 11 is 5.84. The number of hydrogen-bond acceptors (Lipinski definition) is 5. The summed E-state index contributed by atoms with van der Waals surface area (Å²) in [6.45, 7) is 7.21. The summed E-state index contributed by atoms with van der Waals surface area (Å²) in [6, 6.07) is 8.39. The topological polar surface area (TPSA) is 83.6 Å².